The first-order chi connectivity index (χ1) is 9.78. The first kappa shape index (κ1) is 15.4. The number of aryl methyl sites for hydroxylation is 1. The van der Waals surface area contributed by atoms with Gasteiger partial charge in [-0.05, 0) is 12.1 Å². The van der Waals surface area contributed by atoms with Crippen molar-refractivity contribution in [1.29, 1.82) is 0 Å². The van der Waals surface area contributed by atoms with E-state index in [2.05, 4.69) is 5.32 Å². The molecule has 2 amide bonds. The Labute approximate surface area is 119 Å². The third-order valence-corrected chi connectivity index (χ3v) is 3.15. The molecule has 0 aromatic carbocycles. The topological polar surface area (TPSA) is 62.6 Å². The number of rotatable bonds is 4. The zero-order valence-electron chi connectivity index (χ0n) is 11.4. The Morgan fingerprint density at radius 1 is 1.48 bits per heavy atom. The molecule has 1 saturated heterocycles. The minimum atomic E-state index is -4.44. The first-order valence-electron chi connectivity index (χ1n) is 6.52. The van der Waals surface area contributed by atoms with Crippen LogP contribution in [0.15, 0.2) is 16.5 Å². The van der Waals surface area contributed by atoms with Crippen molar-refractivity contribution < 1.29 is 27.2 Å². The van der Waals surface area contributed by atoms with E-state index < -0.39 is 30.6 Å². The summed E-state index contributed by atoms with van der Waals surface area (Å²) in [6.07, 6.45) is -3.94. The second-order valence-electron chi connectivity index (χ2n) is 4.88. The molecule has 1 unspecified atom stereocenters. The normalized spacial score (nSPS) is 19.1. The standard InChI is InChI=1S/C13H15F3N2O3/c1-2-9-3-4-10(21-9)12(20)17-8-5-11(19)18(6-8)7-13(14,15)16/h3-4,8H,2,5-7H2,1H3,(H,17,20). The van der Waals surface area contributed by atoms with E-state index in [1.165, 1.54) is 6.07 Å². The fourth-order valence-electron chi connectivity index (χ4n) is 2.18. The Morgan fingerprint density at radius 2 is 2.19 bits per heavy atom. The summed E-state index contributed by atoms with van der Waals surface area (Å²) in [5.41, 5.74) is 0. The Bertz CT molecular complexity index is 539. The van der Waals surface area contributed by atoms with Gasteiger partial charge in [0.1, 0.15) is 12.3 Å². The number of nitrogens with one attached hydrogen (secondary N) is 1. The summed E-state index contributed by atoms with van der Waals surface area (Å²) >= 11 is 0. The molecular weight excluding hydrogens is 289 g/mol. The lowest BCUT2D eigenvalue weighted by Gasteiger charge is -2.18. The van der Waals surface area contributed by atoms with Crippen LogP contribution in [0, 0.1) is 0 Å². The molecule has 0 radical (unpaired) electrons. The number of carbonyl (C=O) groups is 2. The number of halogens is 3. The molecule has 1 N–H and O–H groups in total. The molecule has 2 heterocycles. The molecule has 0 aliphatic carbocycles. The third kappa shape index (κ3) is 3.99. The van der Waals surface area contributed by atoms with Crippen LogP contribution in [0.5, 0.6) is 0 Å². The van der Waals surface area contributed by atoms with Gasteiger partial charge in [0.15, 0.2) is 5.76 Å². The zero-order valence-corrected chi connectivity index (χ0v) is 11.4. The van der Waals surface area contributed by atoms with Crippen LogP contribution >= 0.6 is 0 Å². The van der Waals surface area contributed by atoms with Gasteiger partial charge in [0, 0.05) is 19.4 Å². The van der Waals surface area contributed by atoms with Gasteiger partial charge in [0.25, 0.3) is 5.91 Å². The lowest BCUT2D eigenvalue weighted by atomic mass is 10.2. The molecule has 116 valence electrons. The largest absolute Gasteiger partial charge is 0.456 e. The minimum absolute atomic E-state index is 0.0913. The van der Waals surface area contributed by atoms with Crippen LogP contribution in [-0.4, -0.2) is 42.0 Å². The molecule has 8 heteroatoms. The summed E-state index contributed by atoms with van der Waals surface area (Å²) in [7, 11) is 0. The lowest BCUT2D eigenvalue weighted by molar-refractivity contribution is -0.157. The SMILES string of the molecule is CCc1ccc(C(=O)NC2CC(=O)N(CC(F)(F)F)C2)o1. The maximum Gasteiger partial charge on any atom is 0.406 e. The number of carbonyl (C=O) groups excluding carboxylic acids is 2. The number of furan rings is 1. The second-order valence-corrected chi connectivity index (χ2v) is 4.88. The van der Waals surface area contributed by atoms with Crippen LogP contribution in [0.2, 0.25) is 0 Å². The van der Waals surface area contributed by atoms with Crippen LogP contribution in [-0.2, 0) is 11.2 Å². The summed E-state index contributed by atoms with van der Waals surface area (Å²) in [5, 5.41) is 2.52. The Hall–Kier alpha value is -1.99. The average molecular weight is 304 g/mol. The van der Waals surface area contributed by atoms with Crippen molar-refractivity contribution in [3.05, 3.63) is 23.7 Å². The van der Waals surface area contributed by atoms with Crippen molar-refractivity contribution in [3.63, 3.8) is 0 Å². The monoisotopic (exact) mass is 304 g/mol. The number of alkyl halides is 3. The van der Waals surface area contributed by atoms with Crippen LogP contribution in [0.4, 0.5) is 13.2 Å². The summed E-state index contributed by atoms with van der Waals surface area (Å²) in [6.45, 7) is 0.426. The molecule has 1 fully saturated rings. The molecule has 1 aromatic heterocycles. The van der Waals surface area contributed by atoms with Gasteiger partial charge >= 0.3 is 6.18 Å². The summed E-state index contributed by atoms with van der Waals surface area (Å²) in [6, 6.07) is 2.52. The lowest BCUT2D eigenvalue weighted by Crippen LogP contribution is -2.39. The number of hydrogen-bond donors (Lipinski definition) is 1. The second kappa shape index (κ2) is 5.79. The molecular formula is C13H15F3N2O3. The van der Waals surface area contributed by atoms with Crippen molar-refractivity contribution in [2.75, 3.05) is 13.1 Å². The molecule has 1 aliphatic heterocycles. The maximum atomic E-state index is 12.3. The molecule has 0 saturated carbocycles. The van der Waals surface area contributed by atoms with Crippen LogP contribution < -0.4 is 5.32 Å². The Kier molecular flexibility index (Phi) is 4.24. The molecule has 21 heavy (non-hydrogen) atoms. The van der Waals surface area contributed by atoms with E-state index in [9.17, 15) is 22.8 Å². The van der Waals surface area contributed by atoms with Gasteiger partial charge < -0.3 is 14.6 Å². The fourth-order valence-corrected chi connectivity index (χ4v) is 2.18. The number of likely N-dealkylation sites (tertiary alicyclic amines) is 1. The highest BCUT2D eigenvalue weighted by Gasteiger charge is 2.38. The number of nitrogens with zero attached hydrogens (tertiary/aromatic N) is 1. The van der Waals surface area contributed by atoms with Gasteiger partial charge in [-0.2, -0.15) is 13.2 Å². The van der Waals surface area contributed by atoms with Gasteiger partial charge in [-0.25, -0.2) is 0 Å². The van der Waals surface area contributed by atoms with E-state index in [1.54, 1.807) is 6.07 Å². The predicted molar refractivity (Wildman–Crippen MR) is 66.6 cm³/mol. The van der Waals surface area contributed by atoms with Crippen LogP contribution in [0.3, 0.4) is 0 Å². The van der Waals surface area contributed by atoms with E-state index in [0.717, 1.165) is 0 Å². The molecule has 0 bridgehead atoms. The summed E-state index contributed by atoms with van der Waals surface area (Å²) < 4.78 is 42.1. The minimum Gasteiger partial charge on any atom is -0.456 e. The fraction of sp³-hybridized carbons (Fsp3) is 0.538. The molecule has 2 rings (SSSR count). The molecule has 1 atom stereocenters. The van der Waals surface area contributed by atoms with Crippen molar-refractivity contribution in [3.8, 4) is 0 Å². The van der Waals surface area contributed by atoms with E-state index in [0.29, 0.717) is 17.1 Å². The molecule has 1 aliphatic rings. The third-order valence-electron chi connectivity index (χ3n) is 3.15. The molecule has 1 aromatic rings. The number of hydrogen-bond acceptors (Lipinski definition) is 3. The molecule has 5 nitrogen and oxygen atoms in total. The van der Waals surface area contributed by atoms with Crippen LogP contribution in [0.1, 0.15) is 29.7 Å². The van der Waals surface area contributed by atoms with Crippen molar-refractivity contribution in [1.82, 2.24) is 10.2 Å². The highest BCUT2D eigenvalue weighted by molar-refractivity contribution is 5.92. The summed E-state index contributed by atoms with van der Waals surface area (Å²) in [5.74, 6) is -0.414. The molecule has 0 spiro atoms. The van der Waals surface area contributed by atoms with Crippen molar-refractivity contribution >= 4 is 11.8 Å². The van der Waals surface area contributed by atoms with Crippen molar-refractivity contribution in [2.45, 2.75) is 32.0 Å². The highest BCUT2D eigenvalue weighted by atomic mass is 19.4. The Balaban J connectivity index is 1.92. The first-order valence-corrected chi connectivity index (χ1v) is 6.52. The smallest absolute Gasteiger partial charge is 0.406 e. The van der Waals surface area contributed by atoms with Gasteiger partial charge in [0.2, 0.25) is 5.91 Å². The van der Waals surface area contributed by atoms with Gasteiger partial charge in [-0.3, -0.25) is 9.59 Å². The number of amides is 2. The predicted octanol–water partition coefficient (Wildman–Crippen LogP) is 1.73. The summed E-state index contributed by atoms with van der Waals surface area (Å²) in [4.78, 5) is 24.1. The van der Waals surface area contributed by atoms with Gasteiger partial charge in [-0.1, -0.05) is 6.92 Å². The van der Waals surface area contributed by atoms with E-state index in [-0.39, 0.29) is 18.7 Å². The Morgan fingerprint density at radius 3 is 2.76 bits per heavy atom. The van der Waals surface area contributed by atoms with E-state index in [4.69, 9.17) is 4.42 Å². The van der Waals surface area contributed by atoms with E-state index >= 15 is 0 Å². The quantitative estimate of drug-likeness (QED) is 0.921. The zero-order chi connectivity index (χ0) is 15.6. The van der Waals surface area contributed by atoms with E-state index in [1.807, 2.05) is 6.92 Å². The highest BCUT2D eigenvalue weighted by Crippen LogP contribution is 2.21. The van der Waals surface area contributed by atoms with Gasteiger partial charge in [0.05, 0.1) is 6.04 Å². The maximum absolute atomic E-state index is 12.3. The average Bonchev–Trinajstić information content (AvgIpc) is 2.95. The van der Waals surface area contributed by atoms with Crippen LogP contribution in [0.25, 0.3) is 0 Å². The van der Waals surface area contributed by atoms with Crippen molar-refractivity contribution in [2.24, 2.45) is 0 Å². The van der Waals surface area contributed by atoms with Gasteiger partial charge in [-0.15, -0.1) is 0 Å².